The number of hydrogen-bond acceptors (Lipinski definition) is 3. The van der Waals surface area contributed by atoms with Crippen molar-refractivity contribution in [2.24, 2.45) is 5.73 Å². The highest BCUT2D eigenvalue weighted by Crippen LogP contribution is 2.26. The zero-order valence-corrected chi connectivity index (χ0v) is 15.0. The van der Waals surface area contributed by atoms with E-state index in [1.165, 1.54) is 0 Å². The number of amides is 2. The molecule has 2 aromatic carbocycles. The molecule has 0 aromatic heterocycles. The minimum absolute atomic E-state index is 0.0111. The zero-order chi connectivity index (χ0) is 18.6. The minimum atomic E-state index is -1.18. The van der Waals surface area contributed by atoms with E-state index < -0.39 is 11.5 Å². The van der Waals surface area contributed by atoms with Crippen molar-refractivity contribution in [3.63, 3.8) is 0 Å². The van der Waals surface area contributed by atoms with Crippen LogP contribution >= 0.6 is 0 Å². The van der Waals surface area contributed by atoms with Gasteiger partial charge in [0.1, 0.15) is 0 Å². The third-order valence-corrected chi connectivity index (χ3v) is 4.81. The Morgan fingerprint density at radius 2 is 1.85 bits per heavy atom. The molecule has 26 heavy (non-hydrogen) atoms. The second-order valence-corrected chi connectivity index (χ2v) is 6.62. The SMILES string of the molecule is CCC(=O)N1CCO[C@](Cc2cccc(-c3ccccc3)c2)(C(N)=O)C1. The monoisotopic (exact) mass is 352 g/mol. The summed E-state index contributed by atoms with van der Waals surface area (Å²) in [6, 6.07) is 18.0. The quantitative estimate of drug-likeness (QED) is 0.898. The van der Waals surface area contributed by atoms with Crippen LogP contribution in [0, 0.1) is 0 Å². The second kappa shape index (κ2) is 7.70. The van der Waals surface area contributed by atoms with Gasteiger partial charge in [0.15, 0.2) is 5.60 Å². The number of nitrogens with two attached hydrogens (primary N) is 1. The third-order valence-electron chi connectivity index (χ3n) is 4.81. The summed E-state index contributed by atoms with van der Waals surface area (Å²) >= 11 is 0. The van der Waals surface area contributed by atoms with Gasteiger partial charge in [0.25, 0.3) is 5.91 Å². The van der Waals surface area contributed by atoms with Crippen LogP contribution in [-0.2, 0) is 20.7 Å². The van der Waals surface area contributed by atoms with Gasteiger partial charge in [-0.2, -0.15) is 0 Å². The van der Waals surface area contributed by atoms with E-state index in [1.54, 1.807) is 4.90 Å². The van der Waals surface area contributed by atoms with Gasteiger partial charge in [-0.1, -0.05) is 61.5 Å². The summed E-state index contributed by atoms with van der Waals surface area (Å²) in [6.45, 7) is 2.82. The fourth-order valence-corrected chi connectivity index (χ4v) is 3.38. The first-order valence-electron chi connectivity index (χ1n) is 8.90. The van der Waals surface area contributed by atoms with Gasteiger partial charge in [-0.25, -0.2) is 0 Å². The van der Waals surface area contributed by atoms with Gasteiger partial charge in [0.2, 0.25) is 5.91 Å². The average Bonchev–Trinajstić information content (AvgIpc) is 2.68. The average molecular weight is 352 g/mol. The molecule has 0 radical (unpaired) electrons. The van der Waals surface area contributed by atoms with Crippen LogP contribution in [0.4, 0.5) is 0 Å². The fourth-order valence-electron chi connectivity index (χ4n) is 3.38. The first-order valence-corrected chi connectivity index (χ1v) is 8.90. The molecule has 2 aromatic rings. The lowest BCUT2D eigenvalue weighted by Gasteiger charge is -2.40. The van der Waals surface area contributed by atoms with Crippen molar-refractivity contribution < 1.29 is 14.3 Å². The van der Waals surface area contributed by atoms with E-state index in [9.17, 15) is 9.59 Å². The van der Waals surface area contributed by atoms with E-state index in [0.29, 0.717) is 26.0 Å². The Hall–Kier alpha value is -2.66. The van der Waals surface area contributed by atoms with Crippen molar-refractivity contribution in [1.29, 1.82) is 0 Å². The van der Waals surface area contributed by atoms with Crippen LogP contribution in [0.1, 0.15) is 18.9 Å². The summed E-state index contributed by atoms with van der Waals surface area (Å²) in [6.07, 6.45) is 0.745. The predicted octanol–water partition coefficient (Wildman–Crippen LogP) is 2.39. The number of morpholine rings is 1. The summed E-state index contributed by atoms with van der Waals surface area (Å²) in [5.41, 5.74) is 7.65. The van der Waals surface area contributed by atoms with Gasteiger partial charge < -0.3 is 15.4 Å². The first kappa shape index (κ1) is 18.1. The highest BCUT2D eigenvalue weighted by atomic mass is 16.5. The summed E-state index contributed by atoms with van der Waals surface area (Å²) in [4.78, 5) is 26.0. The highest BCUT2D eigenvalue weighted by Gasteiger charge is 2.43. The van der Waals surface area contributed by atoms with Crippen LogP contribution in [0.3, 0.4) is 0 Å². The van der Waals surface area contributed by atoms with E-state index >= 15 is 0 Å². The second-order valence-electron chi connectivity index (χ2n) is 6.62. The van der Waals surface area contributed by atoms with Crippen LogP contribution in [0.2, 0.25) is 0 Å². The number of carbonyl (C=O) groups is 2. The highest BCUT2D eigenvalue weighted by molar-refractivity contribution is 5.86. The molecule has 0 saturated carbocycles. The summed E-state index contributed by atoms with van der Waals surface area (Å²) in [7, 11) is 0. The summed E-state index contributed by atoms with van der Waals surface area (Å²) < 4.78 is 5.83. The van der Waals surface area contributed by atoms with Crippen LogP contribution in [0.25, 0.3) is 11.1 Å². The third kappa shape index (κ3) is 3.78. The zero-order valence-electron chi connectivity index (χ0n) is 15.0. The van der Waals surface area contributed by atoms with Gasteiger partial charge in [0.05, 0.1) is 13.2 Å². The molecule has 0 spiro atoms. The minimum Gasteiger partial charge on any atom is -0.367 e. The van der Waals surface area contributed by atoms with Crippen molar-refractivity contribution in [2.75, 3.05) is 19.7 Å². The molecule has 1 aliphatic rings. The lowest BCUT2D eigenvalue weighted by atomic mass is 9.90. The lowest BCUT2D eigenvalue weighted by Crippen LogP contribution is -2.61. The molecule has 1 aliphatic heterocycles. The number of ether oxygens (including phenoxy) is 1. The molecule has 0 unspecified atom stereocenters. The van der Waals surface area contributed by atoms with Crippen molar-refractivity contribution in [2.45, 2.75) is 25.4 Å². The number of carbonyl (C=O) groups excluding carboxylic acids is 2. The molecular formula is C21H24N2O3. The first-order chi connectivity index (χ1) is 12.5. The summed E-state index contributed by atoms with van der Waals surface area (Å²) in [5, 5.41) is 0. The van der Waals surface area contributed by atoms with Crippen LogP contribution in [-0.4, -0.2) is 42.0 Å². The van der Waals surface area contributed by atoms with Gasteiger partial charge in [-0.05, 0) is 16.7 Å². The van der Waals surface area contributed by atoms with E-state index in [2.05, 4.69) is 0 Å². The van der Waals surface area contributed by atoms with Crippen molar-refractivity contribution in [3.05, 3.63) is 60.2 Å². The lowest BCUT2D eigenvalue weighted by molar-refractivity contribution is -0.163. The van der Waals surface area contributed by atoms with Gasteiger partial charge in [-0.3, -0.25) is 9.59 Å². The van der Waals surface area contributed by atoms with Gasteiger partial charge in [0, 0.05) is 19.4 Å². The Morgan fingerprint density at radius 3 is 2.54 bits per heavy atom. The molecule has 1 saturated heterocycles. The van der Waals surface area contributed by atoms with Crippen LogP contribution in [0.5, 0.6) is 0 Å². The van der Waals surface area contributed by atoms with E-state index in [-0.39, 0.29) is 12.5 Å². The van der Waals surface area contributed by atoms with Crippen LogP contribution < -0.4 is 5.73 Å². The Balaban J connectivity index is 1.87. The number of rotatable bonds is 5. The predicted molar refractivity (Wildman–Crippen MR) is 100 cm³/mol. The molecule has 0 bridgehead atoms. The number of hydrogen-bond donors (Lipinski definition) is 1. The molecule has 5 nitrogen and oxygen atoms in total. The smallest absolute Gasteiger partial charge is 0.251 e. The topological polar surface area (TPSA) is 72.6 Å². The molecule has 2 N–H and O–H groups in total. The molecule has 3 rings (SSSR count). The largest absolute Gasteiger partial charge is 0.367 e. The van der Waals surface area contributed by atoms with E-state index in [4.69, 9.17) is 10.5 Å². The molecule has 5 heteroatoms. The number of benzene rings is 2. The maximum absolute atomic E-state index is 12.3. The fraction of sp³-hybridized carbons (Fsp3) is 0.333. The number of nitrogens with zero attached hydrogens (tertiary/aromatic N) is 1. The molecular weight excluding hydrogens is 328 g/mol. The normalized spacial score (nSPS) is 20.0. The maximum atomic E-state index is 12.3. The van der Waals surface area contributed by atoms with E-state index in [1.807, 2.05) is 61.5 Å². The molecule has 136 valence electrons. The Kier molecular flexibility index (Phi) is 5.38. The molecule has 1 fully saturated rings. The Bertz CT molecular complexity index is 791. The molecule has 2 amide bonds. The Morgan fingerprint density at radius 1 is 1.12 bits per heavy atom. The Labute approximate surface area is 153 Å². The maximum Gasteiger partial charge on any atom is 0.251 e. The summed E-state index contributed by atoms with van der Waals surface area (Å²) in [5.74, 6) is -0.520. The van der Waals surface area contributed by atoms with Crippen molar-refractivity contribution in [3.8, 4) is 11.1 Å². The molecule has 0 aliphatic carbocycles. The van der Waals surface area contributed by atoms with Crippen molar-refractivity contribution >= 4 is 11.8 Å². The van der Waals surface area contributed by atoms with Gasteiger partial charge >= 0.3 is 0 Å². The van der Waals surface area contributed by atoms with Gasteiger partial charge in [-0.15, -0.1) is 0 Å². The van der Waals surface area contributed by atoms with E-state index in [0.717, 1.165) is 16.7 Å². The molecule has 1 atom stereocenters. The number of primary amides is 1. The standard InChI is InChI=1S/C21H24N2O3/c1-2-19(24)23-11-12-26-21(15-23,20(22)25)14-16-7-6-10-18(13-16)17-8-4-3-5-9-17/h3-10,13H,2,11-12,14-15H2,1H3,(H2,22,25)/t21-/m0/s1. The van der Waals surface area contributed by atoms with Crippen molar-refractivity contribution in [1.82, 2.24) is 4.90 Å². The molecule has 1 heterocycles. The van der Waals surface area contributed by atoms with Crippen LogP contribution in [0.15, 0.2) is 54.6 Å².